The molecule has 1 aromatic carbocycles. The maximum absolute atomic E-state index is 12.9. The van der Waals surface area contributed by atoms with Gasteiger partial charge in [0.05, 0.1) is 6.61 Å². The molecule has 0 spiro atoms. The van der Waals surface area contributed by atoms with Crippen LogP contribution in [-0.2, 0) is 0 Å². The molecule has 1 aromatic rings. The molecule has 0 aliphatic rings. The molecule has 0 saturated heterocycles. The predicted molar refractivity (Wildman–Crippen MR) is 67.2 cm³/mol. The van der Waals surface area contributed by atoms with Crippen molar-refractivity contribution in [2.24, 2.45) is 0 Å². The Kier molecular flexibility index (Phi) is 6.10. The van der Waals surface area contributed by atoms with Crippen molar-refractivity contribution >= 4 is 27.7 Å². The smallest absolute Gasteiger partial charge is 0.128 e. The van der Waals surface area contributed by atoms with E-state index in [2.05, 4.69) is 22.9 Å². The first-order chi connectivity index (χ1) is 7.22. The lowest BCUT2D eigenvalue weighted by molar-refractivity contribution is 0.317. The topological polar surface area (TPSA) is 9.23 Å². The van der Waals surface area contributed by atoms with Crippen molar-refractivity contribution in [2.75, 3.05) is 18.1 Å². The molecule has 0 amide bonds. The van der Waals surface area contributed by atoms with Crippen LogP contribution in [0.1, 0.15) is 13.3 Å². The third-order valence-electron chi connectivity index (χ3n) is 1.74. The van der Waals surface area contributed by atoms with Crippen LogP contribution < -0.4 is 4.74 Å². The van der Waals surface area contributed by atoms with Gasteiger partial charge in [0.15, 0.2) is 0 Å². The number of thioether (sulfide) groups is 1. The monoisotopic (exact) mass is 292 g/mol. The van der Waals surface area contributed by atoms with Gasteiger partial charge in [0.1, 0.15) is 11.6 Å². The summed E-state index contributed by atoms with van der Waals surface area (Å²) >= 11 is 5.11. The molecule has 4 heteroatoms. The largest absolute Gasteiger partial charge is 0.493 e. The maximum atomic E-state index is 12.9. The number of hydrogen-bond acceptors (Lipinski definition) is 2. The molecule has 0 atom stereocenters. The Labute approximate surface area is 103 Å². The second kappa shape index (κ2) is 7.12. The van der Waals surface area contributed by atoms with Crippen LogP contribution in [0.25, 0.3) is 0 Å². The molecule has 15 heavy (non-hydrogen) atoms. The highest BCUT2D eigenvalue weighted by atomic mass is 79.9. The van der Waals surface area contributed by atoms with Crippen LogP contribution in [-0.4, -0.2) is 18.1 Å². The fraction of sp³-hybridized carbons (Fsp3) is 0.455. The Hall–Kier alpha value is -0.220. The highest BCUT2D eigenvalue weighted by Crippen LogP contribution is 2.20. The van der Waals surface area contributed by atoms with Gasteiger partial charge in [-0.15, -0.1) is 0 Å². The molecule has 0 aromatic heterocycles. The average molecular weight is 293 g/mol. The lowest BCUT2D eigenvalue weighted by atomic mass is 10.3. The highest BCUT2D eigenvalue weighted by Gasteiger charge is 1.99. The van der Waals surface area contributed by atoms with Gasteiger partial charge < -0.3 is 4.74 Å². The fourth-order valence-corrected chi connectivity index (χ4v) is 2.16. The van der Waals surface area contributed by atoms with Crippen molar-refractivity contribution in [3.63, 3.8) is 0 Å². The zero-order chi connectivity index (χ0) is 11.1. The first kappa shape index (κ1) is 12.8. The average Bonchev–Trinajstić information content (AvgIpc) is 2.16. The fourth-order valence-electron chi connectivity index (χ4n) is 1.11. The van der Waals surface area contributed by atoms with Crippen LogP contribution >= 0.6 is 27.7 Å². The predicted octanol–water partition coefficient (Wildman–Crippen LogP) is 4.11. The minimum Gasteiger partial charge on any atom is -0.493 e. The van der Waals surface area contributed by atoms with Crippen LogP contribution in [0.3, 0.4) is 0 Å². The summed E-state index contributed by atoms with van der Waals surface area (Å²) in [6.07, 6.45) is 0.993. The molecule has 1 rings (SSSR count). The molecular formula is C11H14BrFOS. The first-order valence-electron chi connectivity index (χ1n) is 4.89. The van der Waals surface area contributed by atoms with Crippen molar-refractivity contribution in [1.29, 1.82) is 0 Å². The normalized spacial score (nSPS) is 10.3. The van der Waals surface area contributed by atoms with Gasteiger partial charge in [-0.05, 0) is 30.1 Å². The Morgan fingerprint density at radius 2 is 2.20 bits per heavy atom. The van der Waals surface area contributed by atoms with Gasteiger partial charge in [0.25, 0.3) is 0 Å². The van der Waals surface area contributed by atoms with Gasteiger partial charge in [-0.25, -0.2) is 4.39 Å². The molecule has 0 saturated carbocycles. The number of rotatable bonds is 6. The Morgan fingerprint density at radius 1 is 1.40 bits per heavy atom. The lowest BCUT2D eigenvalue weighted by Gasteiger charge is -2.06. The second-order valence-electron chi connectivity index (χ2n) is 3.00. The molecule has 0 N–H and O–H groups in total. The van der Waals surface area contributed by atoms with Crippen molar-refractivity contribution in [3.8, 4) is 5.75 Å². The third kappa shape index (κ3) is 5.42. The zero-order valence-electron chi connectivity index (χ0n) is 8.63. The minimum absolute atomic E-state index is 0.276. The standard InChI is InChI=1S/C11H14BrFOS/c1-2-15-5-3-4-14-11-7-9(12)6-10(13)8-11/h6-8H,2-5H2,1H3. The van der Waals surface area contributed by atoms with E-state index in [1.165, 1.54) is 12.1 Å². The first-order valence-corrected chi connectivity index (χ1v) is 6.83. The molecule has 0 aliphatic carbocycles. The van der Waals surface area contributed by atoms with Gasteiger partial charge in [0.2, 0.25) is 0 Å². The van der Waals surface area contributed by atoms with Gasteiger partial charge >= 0.3 is 0 Å². The van der Waals surface area contributed by atoms with E-state index in [9.17, 15) is 4.39 Å². The summed E-state index contributed by atoms with van der Waals surface area (Å²) < 4.78 is 19.1. The van der Waals surface area contributed by atoms with Crippen molar-refractivity contribution in [1.82, 2.24) is 0 Å². The molecular weight excluding hydrogens is 279 g/mol. The molecule has 0 heterocycles. The summed E-state index contributed by atoms with van der Waals surface area (Å²) in [4.78, 5) is 0. The summed E-state index contributed by atoms with van der Waals surface area (Å²) in [5.41, 5.74) is 0. The molecule has 84 valence electrons. The quantitative estimate of drug-likeness (QED) is 0.730. The summed E-state index contributed by atoms with van der Waals surface area (Å²) in [7, 11) is 0. The van der Waals surface area contributed by atoms with E-state index in [-0.39, 0.29) is 5.82 Å². The van der Waals surface area contributed by atoms with E-state index in [1.54, 1.807) is 6.07 Å². The van der Waals surface area contributed by atoms with E-state index in [4.69, 9.17) is 4.74 Å². The number of hydrogen-bond donors (Lipinski definition) is 0. The molecule has 0 bridgehead atoms. The molecule has 0 fully saturated rings. The molecule has 1 nitrogen and oxygen atoms in total. The summed E-state index contributed by atoms with van der Waals surface area (Å²) in [5, 5.41) is 0. The Morgan fingerprint density at radius 3 is 2.87 bits per heavy atom. The van der Waals surface area contributed by atoms with Gasteiger partial charge in [-0.3, -0.25) is 0 Å². The van der Waals surface area contributed by atoms with E-state index in [1.807, 2.05) is 11.8 Å². The number of ether oxygens (including phenoxy) is 1. The van der Waals surface area contributed by atoms with Crippen LogP contribution in [0.2, 0.25) is 0 Å². The van der Waals surface area contributed by atoms with Crippen molar-refractivity contribution in [2.45, 2.75) is 13.3 Å². The van der Waals surface area contributed by atoms with Crippen molar-refractivity contribution < 1.29 is 9.13 Å². The van der Waals surface area contributed by atoms with Crippen molar-refractivity contribution in [3.05, 3.63) is 28.5 Å². The van der Waals surface area contributed by atoms with E-state index in [0.717, 1.165) is 17.9 Å². The van der Waals surface area contributed by atoms with Crippen LogP contribution in [0.15, 0.2) is 22.7 Å². The van der Waals surface area contributed by atoms with E-state index < -0.39 is 0 Å². The Bertz CT molecular complexity index is 286. The highest BCUT2D eigenvalue weighted by molar-refractivity contribution is 9.10. The lowest BCUT2D eigenvalue weighted by Crippen LogP contribution is -1.99. The van der Waals surface area contributed by atoms with Gasteiger partial charge in [-0.2, -0.15) is 11.8 Å². The maximum Gasteiger partial charge on any atom is 0.128 e. The molecule has 0 aliphatic heterocycles. The summed E-state index contributed by atoms with van der Waals surface area (Å²) in [6, 6.07) is 4.59. The zero-order valence-corrected chi connectivity index (χ0v) is 11.0. The molecule has 0 unspecified atom stereocenters. The second-order valence-corrected chi connectivity index (χ2v) is 5.31. The van der Waals surface area contributed by atoms with E-state index >= 15 is 0 Å². The number of halogens is 2. The van der Waals surface area contributed by atoms with E-state index in [0.29, 0.717) is 16.8 Å². The summed E-state index contributed by atoms with van der Waals surface area (Å²) in [6.45, 7) is 2.78. The number of benzene rings is 1. The van der Waals surface area contributed by atoms with Crippen LogP contribution in [0.5, 0.6) is 5.75 Å². The minimum atomic E-state index is -0.276. The SMILES string of the molecule is CCSCCCOc1cc(F)cc(Br)c1. The summed E-state index contributed by atoms with van der Waals surface area (Å²) in [5.74, 6) is 2.53. The van der Waals surface area contributed by atoms with Crippen LogP contribution in [0.4, 0.5) is 4.39 Å². The van der Waals surface area contributed by atoms with Crippen LogP contribution in [0, 0.1) is 5.82 Å². The Balaban J connectivity index is 2.31. The van der Waals surface area contributed by atoms with Gasteiger partial charge in [0, 0.05) is 10.5 Å². The molecule has 0 radical (unpaired) electrons. The van der Waals surface area contributed by atoms with Gasteiger partial charge in [-0.1, -0.05) is 22.9 Å². The third-order valence-corrected chi connectivity index (χ3v) is 3.19.